The van der Waals surface area contributed by atoms with Gasteiger partial charge in [0.25, 0.3) is 10.2 Å². The zero-order chi connectivity index (χ0) is 12.3. The van der Waals surface area contributed by atoms with Crippen molar-refractivity contribution in [1.29, 1.82) is 0 Å². The van der Waals surface area contributed by atoms with Crippen molar-refractivity contribution in [3.8, 4) is 0 Å². The van der Waals surface area contributed by atoms with E-state index < -0.39 is 10.2 Å². The van der Waals surface area contributed by atoms with Crippen molar-refractivity contribution in [3.63, 3.8) is 0 Å². The largest absolute Gasteiger partial charge is 0.314 e. The Labute approximate surface area is 116 Å². The summed E-state index contributed by atoms with van der Waals surface area (Å²) in [6.45, 7) is 4.73. The summed E-state index contributed by atoms with van der Waals surface area (Å²) in [4.78, 5) is 0. The van der Waals surface area contributed by atoms with Gasteiger partial charge in [-0.05, 0) is 38.1 Å². The minimum absolute atomic E-state index is 0. The van der Waals surface area contributed by atoms with E-state index in [-0.39, 0.29) is 12.4 Å². The molecule has 0 aromatic carbocycles. The molecule has 0 aliphatic carbocycles. The van der Waals surface area contributed by atoms with Crippen LogP contribution in [-0.4, -0.2) is 44.9 Å². The predicted molar refractivity (Wildman–Crippen MR) is 75.2 cm³/mol. The molecule has 0 saturated carbocycles. The number of halogens is 1. The molecule has 1 atom stereocenters. The van der Waals surface area contributed by atoms with E-state index in [1.54, 1.807) is 4.31 Å². The van der Waals surface area contributed by atoms with Gasteiger partial charge in [-0.2, -0.15) is 12.7 Å². The molecule has 2 heterocycles. The van der Waals surface area contributed by atoms with Crippen molar-refractivity contribution in [2.24, 2.45) is 5.92 Å². The first kappa shape index (κ1) is 16.2. The van der Waals surface area contributed by atoms with E-state index in [0.29, 0.717) is 31.6 Å². The zero-order valence-electron chi connectivity index (χ0n) is 10.9. The Kier molecular flexibility index (Phi) is 6.34. The van der Waals surface area contributed by atoms with Gasteiger partial charge >= 0.3 is 0 Å². The Morgan fingerprint density at radius 3 is 2.44 bits per heavy atom. The lowest BCUT2D eigenvalue weighted by molar-refractivity contribution is 0.232. The fraction of sp³-hybridized carbons (Fsp3) is 1.00. The number of rotatable bonds is 4. The van der Waals surface area contributed by atoms with Gasteiger partial charge in [-0.3, -0.25) is 0 Å². The third kappa shape index (κ3) is 3.81. The summed E-state index contributed by atoms with van der Waals surface area (Å²) in [5, 5.41) is 3.52. The molecule has 2 saturated heterocycles. The predicted octanol–water partition coefficient (Wildman–Crippen LogP) is 0.726. The van der Waals surface area contributed by atoms with Crippen molar-refractivity contribution in [2.45, 2.75) is 38.6 Å². The van der Waals surface area contributed by atoms with Gasteiger partial charge in [-0.1, -0.05) is 6.92 Å². The monoisotopic (exact) mass is 297 g/mol. The summed E-state index contributed by atoms with van der Waals surface area (Å²) in [7, 11) is -3.22. The normalized spacial score (nSPS) is 27.1. The van der Waals surface area contributed by atoms with Crippen LogP contribution in [-0.2, 0) is 10.2 Å². The van der Waals surface area contributed by atoms with E-state index in [4.69, 9.17) is 0 Å². The molecule has 1 unspecified atom stereocenters. The quantitative estimate of drug-likeness (QED) is 0.804. The van der Waals surface area contributed by atoms with E-state index in [2.05, 4.69) is 10.0 Å². The standard InChI is InChI=1S/C11H23N3O2S.ClH/c1-2-13-17(15,16)14-8-5-10(6-9-14)11-4-3-7-12-11;/h10-13H,2-9H2,1H3;1H. The van der Waals surface area contributed by atoms with Crippen LogP contribution < -0.4 is 10.0 Å². The van der Waals surface area contributed by atoms with Crippen LogP contribution in [0.15, 0.2) is 0 Å². The van der Waals surface area contributed by atoms with Crippen molar-refractivity contribution >= 4 is 22.6 Å². The molecule has 2 fully saturated rings. The van der Waals surface area contributed by atoms with Crippen molar-refractivity contribution in [2.75, 3.05) is 26.2 Å². The molecule has 108 valence electrons. The SMILES string of the molecule is CCNS(=O)(=O)N1CCC(C2CCCN2)CC1.Cl. The molecule has 0 aromatic heterocycles. The number of hydrogen-bond donors (Lipinski definition) is 2. The number of nitrogens with one attached hydrogen (secondary N) is 2. The van der Waals surface area contributed by atoms with Crippen LogP contribution in [0.1, 0.15) is 32.6 Å². The summed E-state index contributed by atoms with van der Waals surface area (Å²) in [6, 6.07) is 0.624. The Balaban J connectivity index is 0.00000162. The second-order valence-corrected chi connectivity index (χ2v) is 6.70. The summed E-state index contributed by atoms with van der Waals surface area (Å²) >= 11 is 0. The highest BCUT2D eigenvalue weighted by Crippen LogP contribution is 2.26. The van der Waals surface area contributed by atoms with Gasteiger partial charge < -0.3 is 5.32 Å². The van der Waals surface area contributed by atoms with Crippen LogP contribution in [0.25, 0.3) is 0 Å². The molecule has 2 aliphatic rings. The highest BCUT2D eigenvalue weighted by molar-refractivity contribution is 7.87. The molecule has 5 nitrogen and oxygen atoms in total. The first-order valence-electron chi connectivity index (χ1n) is 6.61. The third-order valence-electron chi connectivity index (χ3n) is 3.83. The summed E-state index contributed by atoms with van der Waals surface area (Å²) in [5.41, 5.74) is 0. The summed E-state index contributed by atoms with van der Waals surface area (Å²) < 4.78 is 27.8. The highest BCUT2D eigenvalue weighted by Gasteiger charge is 2.32. The first-order valence-corrected chi connectivity index (χ1v) is 8.05. The van der Waals surface area contributed by atoms with Crippen LogP contribution in [0.3, 0.4) is 0 Å². The molecule has 2 N–H and O–H groups in total. The first-order chi connectivity index (χ1) is 8.13. The Hall–Kier alpha value is 0.120. The van der Waals surface area contributed by atoms with Crippen LogP contribution >= 0.6 is 12.4 Å². The van der Waals surface area contributed by atoms with Gasteiger partial charge in [0.15, 0.2) is 0 Å². The smallest absolute Gasteiger partial charge is 0.279 e. The van der Waals surface area contributed by atoms with E-state index in [1.807, 2.05) is 6.92 Å². The Bertz CT molecular complexity index is 336. The molecule has 0 spiro atoms. The van der Waals surface area contributed by atoms with E-state index >= 15 is 0 Å². The van der Waals surface area contributed by atoms with Crippen LogP contribution in [0, 0.1) is 5.92 Å². The van der Waals surface area contributed by atoms with Gasteiger partial charge in [0.1, 0.15) is 0 Å². The fourth-order valence-corrected chi connectivity index (χ4v) is 4.14. The average Bonchev–Trinajstić information content (AvgIpc) is 2.82. The van der Waals surface area contributed by atoms with Gasteiger partial charge in [-0.15, -0.1) is 12.4 Å². The maximum absolute atomic E-state index is 11.8. The van der Waals surface area contributed by atoms with Crippen LogP contribution in [0.2, 0.25) is 0 Å². The van der Waals surface area contributed by atoms with E-state index in [0.717, 1.165) is 19.4 Å². The minimum Gasteiger partial charge on any atom is -0.314 e. The summed E-state index contributed by atoms with van der Waals surface area (Å²) in [6.07, 6.45) is 4.50. The lowest BCUT2D eigenvalue weighted by atomic mass is 9.89. The molecule has 0 aromatic rings. The third-order valence-corrected chi connectivity index (χ3v) is 5.53. The average molecular weight is 298 g/mol. The topological polar surface area (TPSA) is 61.4 Å². The molecule has 0 bridgehead atoms. The molecule has 0 amide bonds. The van der Waals surface area contributed by atoms with Crippen LogP contribution in [0.5, 0.6) is 0 Å². The molecule has 0 radical (unpaired) electrons. The van der Waals surface area contributed by atoms with E-state index in [1.165, 1.54) is 12.8 Å². The Morgan fingerprint density at radius 2 is 1.94 bits per heavy atom. The van der Waals surface area contributed by atoms with Crippen molar-refractivity contribution in [3.05, 3.63) is 0 Å². The minimum atomic E-state index is -3.22. The molecule has 2 rings (SSSR count). The molecule has 2 aliphatic heterocycles. The highest BCUT2D eigenvalue weighted by atomic mass is 35.5. The van der Waals surface area contributed by atoms with Crippen molar-refractivity contribution in [1.82, 2.24) is 14.3 Å². The maximum Gasteiger partial charge on any atom is 0.279 e. The zero-order valence-corrected chi connectivity index (χ0v) is 12.5. The number of piperidine rings is 1. The second kappa shape index (κ2) is 7.05. The summed E-state index contributed by atoms with van der Waals surface area (Å²) in [5.74, 6) is 0.658. The fourth-order valence-electron chi connectivity index (χ4n) is 2.91. The second-order valence-electron chi connectivity index (χ2n) is 4.94. The molecular formula is C11H24ClN3O2S. The maximum atomic E-state index is 11.8. The molecule has 18 heavy (non-hydrogen) atoms. The van der Waals surface area contributed by atoms with Crippen LogP contribution in [0.4, 0.5) is 0 Å². The number of nitrogens with zero attached hydrogens (tertiary/aromatic N) is 1. The van der Waals surface area contributed by atoms with E-state index in [9.17, 15) is 8.42 Å². The van der Waals surface area contributed by atoms with Gasteiger partial charge in [0.05, 0.1) is 0 Å². The van der Waals surface area contributed by atoms with Gasteiger partial charge in [0, 0.05) is 25.7 Å². The number of hydrogen-bond acceptors (Lipinski definition) is 3. The lowest BCUT2D eigenvalue weighted by Gasteiger charge is -2.34. The molecule has 7 heteroatoms. The Morgan fingerprint density at radius 1 is 1.28 bits per heavy atom. The van der Waals surface area contributed by atoms with Gasteiger partial charge in [-0.25, -0.2) is 4.72 Å². The lowest BCUT2D eigenvalue weighted by Crippen LogP contribution is -2.47. The van der Waals surface area contributed by atoms with Gasteiger partial charge in [0.2, 0.25) is 0 Å². The molecular weight excluding hydrogens is 274 g/mol. The van der Waals surface area contributed by atoms with Crippen molar-refractivity contribution < 1.29 is 8.42 Å².